The number of rotatable bonds is 4. The van der Waals surface area contributed by atoms with E-state index < -0.39 is 17.2 Å². The predicted octanol–water partition coefficient (Wildman–Crippen LogP) is 5.06. The number of alkyl halides is 3. The quantitative estimate of drug-likeness (QED) is 0.688. The molecule has 2 fully saturated rings. The number of carbonyl (C=O) groups excluding carboxylic acids is 1. The maximum atomic E-state index is 13.7. The Morgan fingerprint density at radius 3 is 2.65 bits per heavy atom. The minimum atomic E-state index is -4.38. The molecule has 0 radical (unpaired) electrons. The normalized spacial score (nSPS) is 27.5. The second-order valence-electron chi connectivity index (χ2n) is 9.40. The molecule has 172 valence electrons. The van der Waals surface area contributed by atoms with Gasteiger partial charge >= 0.3 is 6.18 Å². The average Bonchev–Trinajstić information content (AvgIpc) is 3.17. The molecule has 3 aliphatic rings. The molecule has 2 aliphatic heterocycles. The van der Waals surface area contributed by atoms with Gasteiger partial charge in [-0.2, -0.15) is 13.2 Å². The van der Waals surface area contributed by atoms with Crippen molar-refractivity contribution in [3.05, 3.63) is 29.3 Å². The van der Waals surface area contributed by atoms with Crippen LogP contribution >= 0.6 is 11.8 Å². The summed E-state index contributed by atoms with van der Waals surface area (Å²) in [7, 11) is 0. The van der Waals surface area contributed by atoms with Gasteiger partial charge in [-0.1, -0.05) is 13.8 Å². The Bertz CT molecular complexity index is 811. The minimum Gasteiger partial charge on any atom is -0.381 e. The molecule has 1 saturated carbocycles. The number of ether oxygens (including phenoxy) is 1. The molecule has 1 aromatic rings. The Hall–Kier alpha value is -1.25. The molecule has 1 saturated heterocycles. The van der Waals surface area contributed by atoms with E-state index in [1.807, 2.05) is 0 Å². The number of nitrogens with one attached hydrogen (secondary N) is 1. The summed E-state index contributed by atoms with van der Waals surface area (Å²) in [6, 6.07) is 4.61. The smallest absolute Gasteiger partial charge is 0.381 e. The molecule has 1 aromatic carbocycles. The Morgan fingerprint density at radius 1 is 1.23 bits per heavy atom. The Kier molecular flexibility index (Phi) is 6.62. The minimum absolute atomic E-state index is 0.0920. The van der Waals surface area contributed by atoms with E-state index in [-0.39, 0.29) is 18.4 Å². The highest BCUT2D eigenvalue weighted by molar-refractivity contribution is 7.99. The summed E-state index contributed by atoms with van der Waals surface area (Å²) in [4.78, 5) is 16.3. The number of hydrogen-bond acceptors (Lipinski definition) is 4. The van der Waals surface area contributed by atoms with Gasteiger partial charge in [0.1, 0.15) is 0 Å². The number of halogens is 3. The van der Waals surface area contributed by atoms with Gasteiger partial charge in [-0.15, -0.1) is 11.8 Å². The van der Waals surface area contributed by atoms with Crippen molar-refractivity contribution >= 4 is 17.7 Å². The van der Waals surface area contributed by atoms with Crippen LogP contribution in [0.1, 0.15) is 57.1 Å². The highest BCUT2D eigenvalue weighted by atomic mass is 32.2. The summed E-state index contributed by atoms with van der Waals surface area (Å²) in [5, 5.41) is 3.74. The highest BCUT2D eigenvalue weighted by Crippen LogP contribution is 2.47. The van der Waals surface area contributed by atoms with Crippen LogP contribution in [0.15, 0.2) is 23.1 Å². The second-order valence-corrected chi connectivity index (χ2v) is 10.4. The number of carbonyl (C=O) groups is 1. The van der Waals surface area contributed by atoms with Crippen LogP contribution in [0.5, 0.6) is 0 Å². The molecule has 0 unspecified atom stereocenters. The maximum absolute atomic E-state index is 13.7. The number of benzene rings is 1. The summed E-state index contributed by atoms with van der Waals surface area (Å²) in [6.45, 7) is 6.01. The van der Waals surface area contributed by atoms with Crippen molar-refractivity contribution in [1.29, 1.82) is 0 Å². The number of amides is 1. The van der Waals surface area contributed by atoms with Crippen LogP contribution in [0, 0.1) is 11.3 Å². The van der Waals surface area contributed by atoms with Crippen LogP contribution in [0.25, 0.3) is 0 Å². The molecule has 2 heterocycles. The lowest BCUT2D eigenvalue weighted by Gasteiger charge is -2.39. The lowest BCUT2D eigenvalue weighted by atomic mass is 9.74. The van der Waals surface area contributed by atoms with Crippen LogP contribution in [-0.4, -0.2) is 42.0 Å². The fourth-order valence-electron chi connectivity index (χ4n) is 5.25. The fourth-order valence-corrected chi connectivity index (χ4v) is 6.22. The summed E-state index contributed by atoms with van der Waals surface area (Å²) >= 11 is 1.45. The number of hydrogen-bond donors (Lipinski definition) is 1. The lowest BCUT2D eigenvalue weighted by Crippen LogP contribution is -2.48. The maximum Gasteiger partial charge on any atom is 0.416 e. The van der Waals surface area contributed by atoms with Gasteiger partial charge in [0.15, 0.2) is 0 Å². The molecule has 4 nitrogen and oxygen atoms in total. The molecule has 8 heteroatoms. The van der Waals surface area contributed by atoms with Gasteiger partial charge in [0.05, 0.1) is 16.9 Å². The van der Waals surface area contributed by atoms with Crippen molar-refractivity contribution in [3.63, 3.8) is 0 Å². The van der Waals surface area contributed by atoms with Crippen LogP contribution in [0.2, 0.25) is 0 Å². The van der Waals surface area contributed by atoms with Gasteiger partial charge in [-0.05, 0) is 61.8 Å². The molecular weight excluding hydrogens is 425 g/mol. The Balaban J connectivity index is 1.48. The van der Waals surface area contributed by atoms with Crippen molar-refractivity contribution in [3.8, 4) is 0 Å². The third-order valence-corrected chi connectivity index (χ3v) is 8.34. The van der Waals surface area contributed by atoms with E-state index in [9.17, 15) is 18.0 Å². The Labute approximate surface area is 186 Å². The number of thioether (sulfide) groups is 1. The molecule has 0 aromatic heterocycles. The first-order valence-corrected chi connectivity index (χ1v) is 12.1. The molecular formula is C23H31F3N2O2S. The lowest BCUT2D eigenvalue weighted by molar-refractivity contribution is -0.144. The fraction of sp³-hybridized carbons (Fsp3) is 0.696. The molecule has 0 spiro atoms. The van der Waals surface area contributed by atoms with Crippen LogP contribution in [0.3, 0.4) is 0 Å². The van der Waals surface area contributed by atoms with Gasteiger partial charge in [-0.3, -0.25) is 4.79 Å². The first kappa shape index (κ1) is 22.9. The van der Waals surface area contributed by atoms with E-state index in [1.54, 1.807) is 4.90 Å². The van der Waals surface area contributed by atoms with Crippen molar-refractivity contribution < 1.29 is 22.7 Å². The van der Waals surface area contributed by atoms with Crippen molar-refractivity contribution in [2.45, 2.75) is 75.7 Å². The third kappa shape index (κ3) is 4.76. The number of fused-ring (bicyclic) bond motifs is 1. The average molecular weight is 457 g/mol. The predicted molar refractivity (Wildman–Crippen MR) is 115 cm³/mol. The van der Waals surface area contributed by atoms with E-state index in [2.05, 4.69) is 19.2 Å². The monoisotopic (exact) mass is 456 g/mol. The molecule has 4 rings (SSSR count). The van der Waals surface area contributed by atoms with E-state index in [0.717, 1.165) is 56.3 Å². The standard InChI is InChI=1S/C23H31F3N2O2S/c1-15(2)22(8-5-19(12-22)27-18-6-9-30-10-7-18)21(29)28-13-16-11-17(23(24,25)26)3-4-20(16)31-14-28/h3-4,11,15,18-19,27H,5-10,12-14H2,1-2H3/t19-,22+/m0/s1. The van der Waals surface area contributed by atoms with Crippen molar-refractivity contribution in [1.82, 2.24) is 10.2 Å². The molecule has 1 amide bonds. The molecule has 2 atom stereocenters. The van der Waals surface area contributed by atoms with Crippen LogP contribution in [-0.2, 0) is 22.3 Å². The van der Waals surface area contributed by atoms with Gasteiger partial charge in [-0.25, -0.2) is 0 Å². The van der Waals surface area contributed by atoms with Gasteiger partial charge in [0.2, 0.25) is 5.91 Å². The zero-order valence-corrected chi connectivity index (χ0v) is 19.0. The van der Waals surface area contributed by atoms with E-state index in [1.165, 1.54) is 23.9 Å². The van der Waals surface area contributed by atoms with Crippen molar-refractivity contribution in [2.24, 2.45) is 11.3 Å². The molecule has 0 bridgehead atoms. The summed E-state index contributed by atoms with van der Waals surface area (Å²) in [5.41, 5.74) is -0.516. The molecule has 1 N–H and O–H groups in total. The zero-order chi connectivity index (χ0) is 22.2. The number of nitrogens with zero attached hydrogens (tertiary/aromatic N) is 1. The van der Waals surface area contributed by atoms with Gasteiger partial charge in [0.25, 0.3) is 0 Å². The van der Waals surface area contributed by atoms with Crippen LogP contribution < -0.4 is 5.32 Å². The molecule has 31 heavy (non-hydrogen) atoms. The SMILES string of the molecule is CC(C)[C@@]1(C(=O)N2CSc3ccc(C(F)(F)F)cc3C2)CC[C@H](NC2CCOCC2)C1. The summed E-state index contributed by atoms with van der Waals surface area (Å²) in [5.74, 6) is 0.757. The summed E-state index contributed by atoms with van der Waals surface area (Å²) in [6.07, 6.45) is 0.190. The van der Waals surface area contributed by atoms with Gasteiger partial charge < -0.3 is 15.0 Å². The highest BCUT2D eigenvalue weighted by Gasteiger charge is 2.50. The molecule has 1 aliphatic carbocycles. The van der Waals surface area contributed by atoms with Crippen molar-refractivity contribution in [2.75, 3.05) is 19.1 Å². The topological polar surface area (TPSA) is 41.6 Å². The first-order valence-electron chi connectivity index (χ1n) is 11.1. The zero-order valence-electron chi connectivity index (χ0n) is 18.1. The second kappa shape index (κ2) is 8.94. The van der Waals surface area contributed by atoms with E-state index in [4.69, 9.17) is 4.74 Å². The van der Waals surface area contributed by atoms with Crippen LogP contribution in [0.4, 0.5) is 13.2 Å². The summed E-state index contributed by atoms with van der Waals surface area (Å²) < 4.78 is 44.9. The largest absolute Gasteiger partial charge is 0.416 e. The first-order chi connectivity index (χ1) is 14.7. The van der Waals surface area contributed by atoms with E-state index >= 15 is 0 Å². The van der Waals surface area contributed by atoms with Gasteiger partial charge in [0, 0.05) is 36.7 Å². The van der Waals surface area contributed by atoms with E-state index in [0.29, 0.717) is 23.5 Å². The third-order valence-electron chi connectivity index (χ3n) is 7.19. The Morgan fingerprint density at radius 2 is 1.97 bits per heavy atom.